The van der Waals surface area contributed by atoms with E-state index in [0.29, 0.717) is 6.54 Å². The molecule has 0 spiro atoms. The quantitative estimate of drug-likeness (QED) is 0.383. The first-order chi connectivity index (χ1) is 11.8. The Morgan fingerprint density at radius 3 is 2.92 bits per heavy atom. The first-order valence-corrected chi connectivity index (χ1v) is 7.97. The van der Waals surface area contributed by atoms with Gasteiger partial charge in [0.15, 0.2) is 0 Å². The summed E-state index contributed by atoms with van der Waals surface area (Å²) in [5, 5.41) is 11.2. The lowest BCUT2D eigenvalue weighted by molar-refractivity contribution is -0.123. The van der Waals surface area contributed by atoms with Crippen LogP contribution in [0.3, 0.4) is 0 Å². The average molecular weight is 358 g/mol. The van der Waals surface area contributed by atoms with E-state index in [0.717, 1.165) is 10.7 Å². The molecule has 2 rings (SSSR count). The summed E-state index contributed by atoms with van der Waals surface area (Å²) >= 11 is 0. The number of rotatable bonds is 9. The van der Waals surface area contributed by atoms with Gasteiger partial charge in [0.25, 0.3) is 0 Å². The second-order valence-electron chi connectivity index (χ2n) is 6.13. The topological polar surface area (TPSA) is 118 Å². The highest BCUT2D eigenvalue weighted by molar-refractivity contribution is 5.79. The molecule has 1 aliphatic heterocycles. The number of hydrazine groups is 1. The molecule has 0 aliphatic carbocycles. The molecule has 1 atom stereocenters. The van der Waals surface area contributed by atoms with Crippen LogP contribution in [0.2, 0.25) is 0 Å². The van der Waals surface area contributed by atoms with E-state index in [-0.39, 0.29) is 44.3 Å². The largest absolute Gasteiger partial charge is 0.384 e. The minimum absolute atomic E-state index is 0.00363. The van der Waals surface area contributed by atoms with Crippen LogP contribution in [0.15, 0.2) is 18.2 Å². The number of carbonyl (C=O) groups is 1. The zero-order valence-electron chi connectivity index (χ0n) is 14.1. The minimum atomic E-state index is -1.20. The average Bonchev–Trinajstić information content (AvgIpc) is 2.88. The summed E-state index contributed by atoms with van der Waals surface area (Å²) in [6.07, 6.45) is 1.12. The number of nitrogens with two attached hydrogens (primary N) is 2. The molecule has 9 nitrogen and oxygen atoms in total. The van der Waals surface area contributed by atoms with Gasteiger partial charge in [-0.05, 0) is 6.92 Å². The highest BCUT2D eigenvalue weighted by Gasteiger charge is 2.27. The maximum Gasteiger partial charge on any atom is 0.239 e. The summed E-state index contributed by atoms with van der Waals surface area (Å²) in [6.45, 7) is 2.65. The summed E-state index contributed by atoms with van der Waals surface area (Å²) < 4.78 is 28.2. The van der Waals surface area contributed by atoms with Crippen LogP contribution in [0.5, 0.6) is 0 Å². The Morgan fingerprint density at radius 1 is 1.60 bits per heavy atom. The molecular formula is C14H24F2N8O. The van der Waals surface area contributed by atoms with Gasteiger partial charge >= 0.3 is 0 Å². The van der Waals surface area contributed by atoms with Crippen LogP contribution in [0.1, 0.15) is 12.1 Å². The molecule has 1 aliphatic rings. The number of aryl methyl sites for hydroxylation is 2. The molecule has 1 saturated heterocycles. The Kier molecular flexibility index (Phi) is 6.65. The van der Waals surface area contributed by atoms with E-state index >= 15 is 0 Å². The van der Waals surface area contributed by atoms with Crippen molar-refractivity contribution in [3.05, 3.63) is 23.9 Å². The molecule has 0 saturated carbocycles. The number of likely N-dealkylation sites (tertiary alicyclic amines) is 1. The minimum Gasteiger partial charge on any atom is -0.384 e. The third-order valence-electron chi connectivity index (χ3n) is 3.60. The number of alkyl halides is 2. The first-order valence-electron chi connectivity index (χ1n) is 7.97. The van der Waals surface area contributed by atoms with Gasteiger partial charge < -0.3 is 16.1 Å². The van der Waals surface area contributed by atoms with E-state index in [1.165, 1.54) is 6.20 Å². The molecule has 11 heteroatoms. The van der Waals surface area contributed by atoms with E-state index in [1.54, 1.807) is 22.7 Å². The summed E-state index contributed by atoms with van der Waals surface area (Å²) in [4.78, 5) is 13.3. The van der Waals surface area contributed by atoms with Gasteiger partial charge in [0.2, 0.25) is 5.91 Å². The van der Waals surface area contributed by atoms with Crippen LogP contribution in [0.25, 0.3) is 0 Å². The highest BCUT2D eigenvalue weighted by Crippen LogP contribution is 2.09. The molecular weight excluding hydrogens is 334 g/mol. The van der Waals surface area contributed by atoms with Crippen molar-refractivity contribution in [2.75, 3.05) is 26.2 Å². The molecule has 140 valence electrons. The Morgan fingerprint density at radius 2 is 2.32 bits per heavy atom. The van der Waals surface area contributed by atoms with E-state index in [4.69, 9.17) is 11.6 Å². The van der Waals surface area contributed by atoms with Gasteiger partial charge in [-0.2, -0.15) is 0 Å². The molecule has 1 fully saturated rings. The third-order valence-corrected chi connectivity index (χ3v) is 3.60. The lowest BCUT2D eigenvalue weighted by atomic mass is 10.2. The van der Waals surface area contributed by atoms with E-state index in [1.807, 2.05) is 0 Å². The molecule has 5 N–H and O–H groups in total. The predicted molar refractivity (Wildman–Crippen MR) is 86.9 cm³/mol. The van der Waals surface area contributed by atoms with Crippen LogP contribution in [0, 0.1) is 6.92 Å². The Bertz CT molecular complexity index is 601. The fourth-order valence-corrected chi connectivity index (χ4v) is 2.40. The van der Waals surface area contributed by atoms with Gasteiger partial charge in [-0.25, -0.2) is 14.6 Å². The van der Waals surface area contributed by atoms with Crippen LogP contribution in [-0.4, -0.2) is 69.3 Å². The Balaban J connectivity index is 1.66. The van der Waals surface area contributed by atoms with Gasteiger partial charge in [-0.1, -0.05) is 5.21 Å². The van der Waals surface area contributed by atoms with Crippen LogP contribution in [0.4, 0.5) is 8.78 Å². The monoisotopic (exact) mass is 358 g/mol. The maximum absolute atomic E-state index is 13.9. The molecule has 0 radical (unpaired) electrons. The SMILES string of the molecule is Cc1cn(CCC(F)CN(N)/C=C(\N)NC(=O)CN2CC(F)C2)nn1. The lowest BCUT2D eigenvalue weighted by Crippen LogP contribution is -2.52. The fraction of sp³-hybridized carbons (Fsp3) is 0.643. The molecule has 0 bridgehead atoms. The molecule has 1 amide bonds. The fourth-order valence-electron chi connectivity index (χ4n) is 2.40. The highest BCUT2D eigenvalue weighted by atomic mass is 19.1. The summed E-state index contributed by atoms with van der Waals surface area (Å²) in [7, 11) is 0. The zero-order valence-corrected chi connectivity index (χ0v) is 14.1. The summed E-state index contributed by atoms with van der Waals surface area (Å²) in [5.74, 6) is 5.31. The molecule has 2 heterocycles. The Hall–Kier alpha value is -2.27. The van der Waals surface area contributed by atoms with Crippen molar-refractivity contribution in [3.63, 3.8) is 0 Å². The van der Waals surface area contributed by atoms with E-state index in [9.17, 15) is 13.6 Å². The van der Waals surface area contributed by atoms with Gasteiger partial charge in [0, 0.05) is 32.3 Å². The third kappa shape index (κ3) is 6.63. The molecule has 0 aromatic carbocycles. The number of amides is 1. The number of nitrogens with one attached hydrogen (secondary N) is 1. The summed E-state index contributed by atoms with van der Waals surface area (Å²) in [6, 6.07) is 0. The first kappa shape index (κ1) is 19.1. The molecule has 1 unspecified atom stereocenters. The lowest BCUT2D eigenvalue weighted by Gasteiger charge is -2.33. The second kappa shape index (κ2) is 8.72. The van der Waals surface area contributed by atoms with Crippen molar-refractivity contribution in [1.82, 2.24) is 30.2 Å². The number of nitrogens with zero attached hydrogens (tertiary/aromatic N) is 5. The van der Waals surface area contributed by atoms with Crippen molar-refractivity contribution in [1.29, 1.82) is 0 Å². The molecule has 1 aromatic heterocycles. The van der Waals surface area contributed by atoms with Crippen molar-refractivity contribution in [2.24, 2.45) is 11.6 Å². The standard InChI is InChI=1S/C14H24F2N8O/c1-10-4-24(21-20-10)3-2-11(15)7-23(18)8-13(17)19-14(25)9-22-5-12(16)6-22/h4,8,11-12H,2-3,5-7,9,17-18H2,1H3,(H,19,25)/b13-8+. The van der Waals surface area contributed by atoms with E-state index in [2.05, 4.69) is 15.6 Å². The van der Waals surface area contributed by atoms with Gasteiger partial charge in [-0.3, -0.25) is 14.4 Å². The second-order valence-corrected chi connectivity index (χ2v) is 6.13. The number of halogens is 2. The van der Waals surface area contributed by atoms with Gasteiger partial charge in [-0.15, -0.1) is 5.10 Å². The maximum atomic E-state index is 13.9. The van der Waals surface area contributed by atoms with Crippen LogP contribution in [-0.2, 0) is 11.3 Å². The normalized spacial score (nSPS) is 17.2. The number of hydrogen-bond acceptors (Lipinski definition) is 7. The van der Waals surface area contributed by atoms with Crippen molar-refractivity contribution in [3.8, 4) is 0 Å². The van der Waals surface area contributed by atoms with E-state index < -0.39 is 12.3 Å². The van der Waals surface area contributed by atoms with Crippen LogP contribution >= 0.6 is 0 Å². The molecule has 25 heavy (non-hydrogen) atoms. The van der Waals surface area contributed by atoms with Crippen LogP contribution < -0.4 is 16.9 Å². The van der Waals surface area contributed by atoms with Crippen molar-refractivity contribution in [2.45, 2.75) is 32.2 Å². The predicted octanol–water partition coefficient (Wildman–Crippen LogP) is -0.982. The molecule has 1 aromatic rings. The number of carbonyl (C=O) groups excluding carboxylic acids is 1. The van der Waals surface area contributed by atoms with Gasteiger partial charge in [0.1, 0.15) is 18.2 Å². The summed E-state index contributed by atoms with van der Waals surface area (Å²) in [5.41, 5.74) is 6.42. The van der Waals surface area contributed by atoms with Gasteiger partial charge in [0.05, 0.1) is 25.0 Å². The smallest absolute Gasteiger partial charge is 0.239 e. The number of hydrogen-bond donors (Lipinski definition) is 3. The Labute approximate surface area is 144 Å². The zero-order chi connectivity index (χ0) is 18.4. The van der Waals surface area contributed by atoms with Crippen molar-refractivity contribution >= 4 is 5.91 Å². The number of aromatic nitrogens is 3. The van der Waals surface area contributed by atoms with Crippen molar-refractivity contribution < 1.29 is 13.6 Å².